The average molecular weight is 416 g/mol. The highest BCUT2D eigenvalue weighted by Crippen LogP contribution is 2.18. The minimum atomic E-state index is -0.662. The second-order valence-corrected chi connectivity index (χ2v) is 7.34. The summed E-state index contributed by atoms with van der Waals surface area (Å²) in [5.74, 6) is -0.871. The fourth-order valence-electron chi connectivity index (χ4n) is 2.79. The molecule has 3 N–H and O–H groups in total. The van der Waals surface area contributed by atoms with Gasteiger partial charge >= 0.3 is 0 Å². The molecule has 3 rings (SSSR count). The van der Waals surface area contributed by atoms with Gasteiger partial charge in [-0.15, -0.1) is 0 Å². The highest BCUT2D eigenvalue weighted by Gasteiger charge is 2.17. The Morgan fingerprint density at radius 2 is 2.10 bits per heavy atom. The molecule has 1 unspecified atom stereocenters. The van der Waals surface area contributed by atoms with E-state index in [0.717, 1.165) is 11.8 Å². The fraction of sp³-hybridized carbons (Fsp3) is 0.250. The molecule has 0 aliphatic rings. The first kappa shape index (κ1) is 20.8. The maximum Gasteiger partial charge on any atom is 0.274 e. The molecule has 152 valence electrons. The Morgan fingerprint density at radius 3 is 2.86 bits per heavy atom. The van der Waals surface area contributed by atoms with E-state index in [-0.39, 0.29) is 23.6 Å². The summed E-state index contributed by atoms with van der Waals surface area (Å²) in [6.07, 6.45) is 5.63. The molecule has 2 heterocycles. The normalized spacial score (nSPS) is 12.0. The van der Waals surface area contributed by atoms with Crippen molar-refractivity contribution >= 4 is 34.9 Å². The van der Waals surface area contributed by atoms with Gasteiger partial charge in [0.15, 0.2) is 0 Å². The Hall–Kier alpha value is -2.91. The van der Waals surface area contributed by atoms with E-state index in [1.54, 1.807) is 40.6 Å². The number of amides is 2. The van der Waals surface area contributed by atoms with Crippen molar-refractivity contribution in [3.63, 3.8) is 0 Å². The fourth-order valence-corrected chi connectivity index (χ4v) is 3.31. The SMILES string of the molecule is CSCCC(CO)NC(=O)c1ccc(F)c(NC(=O)c2cnc3ccccn23)c1. The van der Waals surface area contributed by atoms with Crippen molar-refractivity contribution in [2.75, 3.05) is 23.9 Å². The van der Waals surface area contributed by atoms with Crippen LogP contribution in [0.1, 0.15) is 27.3 Å². The van der Waals surface area contributed by atoms with E-state index in [1.165, 1.54) is 18.3 Å². The van der Waals surface area contributed by atoms with Gasteiger partial charge in [-0.2, -0.15) is 11.8 Å². The van der Waals surface area contributed by atoms with E-state index in [9.17, 15) is 19.1 Å². The summed E-state index contributed by atoms with van der Waals surface area (Å²) >= 11 is 1.61. The molecule has 2 aromatic heterocycles. The summed E-state index contributed by atoms with van der Waals surface area (Å²) in [7, 11) is 0. The zero-order chi connectivity index (χ0) is 20.8. The lowest BCUT2D eigenvalue weighted by Crippen LogP contribution is -2.38. The molecule has 9 heteroatoms. The van der Waals surface area contributed by atoms with Gasteiger partial charge in [0.1, 0.15) is 17.2 Å². The van der Waals surface area contributed by atoms with E-state index < -0.39 is 23.7 Å². The Morgan fingerprint density at radius 1 is 1.28 bits per heavy atom. The number of hydrogen-bond donors (Lipinski definition) is 3. The zero-order valence-corrected chi connectivity index (χ0v) is 16.6. The first-order valence-electron chi connectivity index (χ1n) is 8.97. The average Bonchev–Trinajstić information content (AvgIpc) is 3.16. The zero-order valence-electron chi connectivity index (χ0n) is 15.8. The number of aromatic nitrogens is 2. The molecule has 0 bridgehead atoms. The van der Waals surface area contributed by atoms with Crippen molar-refractivity contribution in [1.82, 2.24) is 14.7 Å². The Balaban J connectivity index is 1.76. The summed E-state index contributed by atoms with van der Waals surface area (Å²) in [5.41, 5.74) is 0.902. The van der Waals surface area contributed by atoms with Gasteiger partial charge in [0.2, 0.25) is 0 Å². The van der Waals surface area contributed by atoms with Crippen molar-refractivity contribution in [3.05, 3.63) is 65.9 Å². The van der Waals surface area contributed by atoms with Gasteiger partial charge in [-0.05, 0) is 48.8 Å². The van der Waals surface area contributed by atoms with E-state index in [1.807, 2.05) is 6.26 Å². The van der Waals surface area contributed by atoms with Crippen LogP contribution in [0.15, 0.2) is 48.8 Å². The lowest BCUT2D eigenvalue weighted by Gasteiger charge is -2.16. The van der Waals surface area contributed by atoms with E-state index in [4.69, 9.17) is 0 Å². The quantitative estimate of drug-likeness (QED) is 0.525. The van der Waals surface area contributed by atoms with Crippen LogP contribution >= 0.6 is 11.8 Å². The molecule has 29 heavy (non-hydrogen) atoms. The maximum atomic E-state index is 14.2. The molecular formula is C20H21FN4O3S. The van der Waals surface area contributed by atoms with Crippen LogP contribution in [0.3, 0.4) is 0 Å². The first-order chi connectivity index (χ1) is 14.0. The van der Waals surface area contributed by atoms with Crippen molar-refractivity contribution < 1.29 is 19.1 Å². The third-order valence-corrected chi connectivity index (χ3v) is 5.00. The minimum Gasteiger partial charge on any atom is -0.394 e. The number of nitrogens with zero attached hydrogens (tertiary/aromatic N) is 2. The molecule has 2 amide bonds. The summed E-state index contributed by atoms with van der Waals surface area (Å²) in [6.45, 7) is -0.189. The van der Waals surface area contributed by atoms with Gasteiger partial charge in [0, 0.05) is 11.8 Å². The van der Waals surface area contributed by atoms with Crippen LogP contribution < -0.4 is 10.6 Å². The second-order valence-electron chi connectivity index (χ2n) is 6.36. The molecule has 0 fully saturated rings. The number of hydrogen-bond acceptors (Lipinski definition) is 5. The number of fused-ring (bicyclic) bond motifs is 1. The Labute approximate surface area is 171 Å². The molecule has 3 aromatic rings. The Bertz CT molecular complexity index is 1020. The van der Waals surface area contributed by atoms with E-state index in [2.05, 4.69) is 15.6 Å². The van der Waals surface area contributed by atoms with Gasteiger partial charge in [-0.25, -0.2) is 9.37 Å². The number of benzene rings is 1. The summed E-state index contributed by atoms with van der Waals surface area (Å²) in [5, 5.41) is 14.6. The van der Waals surface area contributed by atoms with Gasteiger partial charge in [0.05, 0.1) is 24.5 Å². The van der Waals surface area contributed by atoms with Crippen LogP contribution in [-0.4, -0.2) is 51.0 Å². The van der Waals surface area contributed by atoms with Crippen LogP contribution in [0.25, 0.3) is 5.65 Å². The molecular weight excluding hydrogens is 395 g/mol. The predicted molar refractivity (Wildman–Crippen MR) is 111 cm³/mol. The molecule has 0 saturated carbocycles. The van der Waals surface area contributed by atoms with Gasteiger partial charge in [0.25, 0.3) is 11.8 Å². The second kappa shape index (κ2) is 9.53. The van der Waals surface area contributed by atoms with Crippen LogP contribution in [0.2, 0.25) is 0 Å². The molecule has 7 nitrogen and oxygen atoms in total. The molecule has 0 spiro atoms. The summed E-state index contributed by atoms with van der Waals surface area (Å²) in [4.78, 5) is 29.2. The number of pyridine rings is 1. The number of aliphatic hydroxyl groups is 1. The number of halogens is 1. The van der Waals surface area contributed by atoms with Gasteiger partial charge in [-0.3, -0.25) is 14.0 Å². The molecule has 1 atom stereocenters. The number of anilines is 1. The van der Waals surface area contributed by atoms with Crippen LogP contribution in [0.5, 0.6) is 0 Å². The van der Waals surface area contributed by atoms with E-state index in [0.29, 0.717) is 12.1 Å². The third-order valence-electron chi connectivity index (χ3n) is 4.35. The summed E-state index contributed by atoms with van der Waals surface area (Å²) < 4.78 is 15.8. The van der Waals surface area contributed by atoms with Crippen LogP contribution in [-0.2, 0) is 0 Å². The monoisotopic (exact) mass is 416 g/mol. The largest absolute Gasteiger partial charge is 0.394 e. The molecule has 0 aliphatic heterocycles. The number of carbonyl (C=O) groups is 2. The highest BCUT2D eigenvalue weighted by atomic mass is 32.2. The van der Waals surface area contributed by atoms with Crippen molar-refractivity contribution in [2.45, 2.75) is 12.5 Å². The standard InChI is InChI=1S/C20H21FN4O3S/c1-29-9-7-14(12-26)23-19(27)13-5-6-15(21)16(10-13)24-20(28)17-11-22-18-4-2-3-8-25(17)18/h2-6,8,10-11,14,26H,7,9,12H2,1H3,(H,23,27)(H,24,28). The van der Waals surface area contributed by atoms with Crippen LogP contribution in [0, 0.1) is 5.82 Å². The van der Waals surface area contributed by atoms with Gasteiger partial charge < -0.3 is 15.7 Å². The maximum absolute atomic E-state index is 14.2. The number of rotatable bonds is 8. The number of carbonyl (C=O) groups excluding carboxylic acids is 2. The third kappa shape index (κ3) is 4.93. The Kier molecular flexibility index (Phi) is 6.84. The smallest absolute Gasteiger partial charge is 0.274 e. The number of imidazole rings is 1. The van der Waals surface area contributed by atoms with Gasteiger partial charge in [-0.1, -0.05) is 6.07 Å². The number of aliphatic hydroxyl groups excluding tert-OH is 1. The van der Waals surface area contributed by atoms with Crippen LogP contribution in [0.4, 0.5) is 10.1 Å². The lowest BCUT2D eigenvalue weighted by molar-refractivity contribution is 0.0914. The highest BCUT2D eigenvalue weighted by molar-refractivity contribution is 7.98. The molecule has 0 aliphatic carbocycles. The van der Waals surface area contributed by atoms with Crippen molar-refractivity contribution in [2.24, 2.45) is 0 Å². The number of nitrogens with one attached hydrogen (secondary N) is 2. The minimum absolute atomic E-state index is 0.113. The molecule has 0 saturated heterocycles. The van der Waals surface area contributed by atoms with Crippen molar-refractivity contribution in [3.8, 4) is 0 Å². The van der Waals surface area contributed by atoms with Crippen molar-refractivity contribution in [1.29, 1.82) is 0 Å². The molecule has 0 radical (unpaired) electrons. The first-order valence-corrected chi connectivity index (χ1v) is 10.4. The molecule has 1 aromatic carbocycles. The lowest BCUT2D eigenvalue weighted by atomic mass is 10.1. The van der Waals surface area contributed by atoms with E-state index >= 15 is 0 Å². The summed E-state index contributed by atoms with van der Waals surface area (Å²) in [6, 6.07) is 8.63. The number of thioether (sulfide) groups is 1. The topological polar surface area (TPSA) is 95.7 Å². The predicted octanol–water partition coefficient (Wildman–Crippen LogP) is 2.57.